The molecule has 0 aromatic heterocycles. The van der Waals surface area contributed by atoms with Crippen LogP contribution < -0.4 is 0 Å². The van der Waals surface area contributed by atoms with Gasteiger partial charge in [-0.25, -0.2) is 4.79 Å². The molecule has 2 heterocycles. The molecule has 0 bridgehead atoms. The maximum absolute atomic E-state index is 11.7. The van der Waals surface area contributed by atoms with Crippen LogP contribution >= 0.6 is 0 Å². The first-order chi connectivity index (χ1) is 8.11. The van der Waals surface area contributed by atoms with Gasteiger partial charge in [0.1, 0.15) is 0 Å². The largest absolute Gasteiger partial charge is 0.478 e. The van der Waals surface area contributed by atoms with E-state index in [0.717, 1.165) is 44.4 Å². The number of carboxylic acid groups (broad SMARTS) is 1. The van der Waals surface area contributed by atoms with Crippen LogP contribution in [0.1, 0.15) is 25.7 Å². The number of rotatable bonds is 2. The second kappa shape index (κ2) is 4.87. The lowest BCUT2D eigenvalue weighted by Crippen LogP contribution is -2.40. The molecule has 0 aliphatic carbocycles. The van der Waals surface area contributed by atoms with Crippen molar-refractivity contribution >= 4 is 11.9 Å². The highest BCUT2D eigenvalue weighted by Crippen LogP contribution is 2.33. The van der Waals surface area contributed by atoms with E-state index in [2.05, 4.69) is 0 Å². The van der Waals surface area contributed by atoms with Crippen molar-refractivity contribution in [2.45, 2.75) is 31.3 Å². The highest BCUT2D eigenvalue weighted by atomic mass is 16.5. The summed E-state index contributed by atoms with van der Waals surface area (Å²) < 4.78 is 5.80. The van der Waals surface area contributed by atoms with Crippen LogP contribution in [0.2, 0.25) is 0 Å². The summed E-state index contributed by atoms with van der Waals surface area (Å²) in [4.78, 5) is 23.7. The van der Waals surface area contributed by atoms with Crippen molar-refractivity contribution in [1.82, 2.24) is 4.90 Å². The van der Waals surface area contributed by atoms with Crippen LogP contribution in [0.25, 0.3) is 0 Å². The number of carbonyl (C=O) groups is 2. The summed E-state index contributed by atoms with van der Waals surface area (Å²) in [6.45, 7) is 2.02. The van der Waals surface area contributed by atoms with E-state index in [1.54, 1.807) is 4.90 Å². The van der Waals surface area contributed by atoms with Gasteiger partial charge in [-0.05, 0) is 25.7 Å². The minimum Gasteiger partial charge on any atom is -0.478 e. The molecular formula is C12H17NO4. The van der Waals surface area contributed by atoms with Crippen LogP contribution in [0.5, 0.6) is 0 Å². The number of hydrogen-bond acceptors (Lipinski definition) is 3. The lowest BCUT2D eigenvalue weighted by molar-refractivity contribution is -0.132. The summed E-state index contributed by atoms with van der Waals surface area (Å²) >= 11 is 0. The number of ether oxygens (including phenoxy) is 1. The Hall–Kier alpha value is -1.36. The minimum atomic E-state index is -1.10. The second-order valence-electron chi connectivity index (χ2n) is 4.67. The Kier molecular flexibility index (Phi) is 3.47. The Labute approximate surface area is 100 Å². The highest BCUT2D eigenvalue weighted by molar-refractivity contribution is 5.94. The Morgan fingerprint density at radius 1 is 1.24 bits per heavy atom. The first kappa shape index (κ1) is 12.1. The predicted molar refractivity (Wildman–Crippen MR) is 60.5 cm³/mol. The third-order valence-corrected chi connectivity index (χ3v) is 3.43. The molecule has 1 amide bonds. The van der Waals surface area contributed by atoms with Gasteiger partial charge in [-0.2, -0.15) is 0 Å². The summed E-state index contributed by atoms with van der Waals surface area (Å²) in [5, 5.41) is 8.47. The van der Waals surface area contributed by atoms with E-state index in [1.807, 2.05) is 0 Å². The average molecular weight is 239 g/mol. The molecule has 5 heteroatoms. The fourth-order valence-corrected chi connectivity index (χ4v) is 2.51. The van der Waals surface area contributed by atoms with Gasteiger partial charge in [0, 0.05) is 25.3 Å². The molecule has 1 N–H and O–H groups in total. The third-order valence-electron chi connectivity index (χ3n) is 3.43. The summed E-state index contributed by atoms with van der Waals surface area (Å²) in [6.07, 6.45) is 6.10. The van der Waals surface area contributed by atoms with Crippen molar-refractivity contribution in [3.63, 3.8) is 0 Å². The van der Waals surface area contributed by atoms with Gasteiger partial charge in [0.15, 0.2) is 0 Å². The first-order valence-corrected chi connectivity index (χ1v) is 5.95. The lowest BCUT2D eigenvalue weighted by Gasteiger charge is -2.33. The van der Waals surface area contributed by atoms with Gasteiger partial charge in [-0.15, -0.1) is 0 Å². The van der Waals surface area contributed by atoms with Crippen LogP contribution in [0, 0.1) is 0 Å². The number of hydrogen-bond donors (Lipinski definition) is 1. The highest BCUT2D eigenvalue weighted by Gasteiger charge is 2.41. The second-order valence-corrected chi connectivity index (χ2v) is 4.67. The van der Waals surface area contributed by atoms with E-state index in [4.69, 9.17) is 9.84 Å². The number of carboxylic acids is 1. The van der Waals surface area contributed by atoms with Crippen molar-refractivity contribution in [2.75, 3.05) is 19.7 Å². The molecule has 2 aliphatic heterocycles. The van der Waals surface area contributed by atoms with E-state index in [-0.39, 0.29) is 11.5 Å². The summed E-state index contributed by atoms with van der Waals surface area (Å²) in [7, 11) is 0. The molecule has 0 aromatic rings. The molecule has 0 radical (unpaired) electrons. The quantitative estimate of drug-likeness (QED) is 0.724. The molecule has 1 spiro atoms. The zero-order valence-corrected chi connectivity index (χ0v) is 9.72. The summed E-state index contributed by atoms with van der Waals surface area (Å²) in [5.41, 5.74) is -0.162. The van der Waals surface area contributed by atoms with E-state index >= 15 is 0 Å². The normalized spacial score (nSPS) is 29.1. The van der Waals surface area contributed by atoms with E-state index in [0.29, 0.717) is 13.1 Å². The van der Waals surface area contributed by atoms with E-state index < -0.39 is 5.97 Å². The van der Waals surface area contributed by atoms with Crippen molar-refractivity contribution in [3.8, 4) is 0 Å². The van der Waals surface area contributed by atoms with Crippen LogP contribution in [0.15, 0.2) is 12.2 Å². The van der Waals surface area contributed by atoms with E-state index in [9.17, 15) is 9.59 Å². The Morgan fingerprint density at radius 3 is 2.71 bits per heavy atom. The maximum atomic E-state index is 11.7. The number of nitrogens with zero attached hydrogens (tertiary/aromatic N) is 1. The van der Waals surface area contributed by atoms with Crippen LogP contribution in [-0.4, -0.2) is 47.2 Å². The number of likely N-dealkylation sites (tertiary alicyclic amines) is 1. The Balaban J connectivity index is 1.92. The van der Waals surface area contributed by atoms with Gasteiger partial charge in [-0.1, -0.05) is 0 Å². The van der Waals surface area contributed by atoms with Gasteiger partial charge < -0.3 is 14.7 Å². The molecule has 1 atom stereocenters. The number of carbonyl (C=O) groups excluding carboxylic acids is 1. The van der Waals surface area contributed by atoms with Gasteiger partial charge in [0.2, 0.25) is 5.91 Å². The molecule has 2 aliphatic rings. The average Bonchev–Trinajstić information content (AvgIpc) is 2.71. The number of amides is 1. The zero-order chi connectivity index (χ0) is 12.3. The summed E-state index contributed by atoms with van der Waals surface area (Å²) in [5.74, 6) is -1.33. The molecule has 94 valence electrons. The van der Waals surface area contributed by atoms with Gasteiger partial charge in [-0.3, -0.25) is 4.79 Å². The Bertz CT molecular complexity index is 344. The standard InChI is InChI=1S/C12H17NO4/c14-10(3-4-11(15)16)13-7-6-12(9-13)5-1-2-8-17-12/h3-4H,1-2,5-9H2,(H,15,16)/b4-3+/t12-/m0/s1. The maximum Gasteiger partial charge on any atom is 0.328 e. The molecule has 5 nitrogen and oxygen atoms in total. The molecule has 2 fully saturated rings. The van der Waals surface area contributed by atoms with Gasteiger partial charge in [0.05, 0.1) is 12.1 Å². The van der Waals surface area contributed by atoms with Crippen LogP contribution in [-0.2, 0) is 14.3 Å². The monoisotopic (exact) mass is 239 g/mol. The molecule has 17 heavy (non-hydrogen) atoms. The fourth-order valence-electron chi connectivity index (χ4n) is 2.51. The number of aliphatic carboxylic acids is 1. The van der Waals surface area contributed by atoms with Crippen LogP contribution in [0.3, 0.4) is 0 Å². The van der Waals surface area contributed by atoms with Crippen LogP contribution in [0.4, 0.5) is 0 Å². The zero-order valence-electron chi connectivity index (χ0n) is 9.72. The molecule has 2 rings (SSSR count). The molecule has 2 saturated heterocycles. The van der Waals surface area contributed by atoms with Crippen molar-refractivity contribution in [3.05, 3.63) is 12.2 Å². The summed E-state index contributed by atoms with van der Waals surface area (Å²) in [6, 6.07) is 0. The smallest absolute Gasteiger partial charge is 0.328 e. The lowest BCUT2D eigenvalue weighted by atomic mass is 9.93. The molecule has 0 saturated carbocycles. The predicted octanol–water partition coefficient (Wildman–Crippen LogP) is 0.799. The first-order valence-electron chi connectivity index (χ1n) is 5.95. The fraction of sp³-hybridized carbons (Fsp3) is 0.667. The van der Waals surface area contributed by atoms with Gasteiger partial charge in [0.25, 0.3) is 0 Å². The molecule has 0 aromatic carbocycles. The van der Waals surface area contributed by atoms with E-state index in [1.165, 1.54) is 0 Å². The van der Waals surface area contributed by atoms with Crippen molar-refractivity contribution in [1.29, 1.82) is 0 Å². The van der Waals surface area contributed by atoms with Gasteiger partial charge >= 0.3 is 5.97 Å². The topological polar surface area (TPSA) is 66.8 Å². The SMILES string of the molecule is O=C(O)/C=C/C(=O)N1CC[C@@]2(CCCCO2)C1. The van der Waals surface area contributed by atoms with Crippen molar-refractivity contribution in [2.24, 2.45) is 0 Å². The third kappa shape index (κ3) is 2.85. The van der Waals surface area contributed by atoms with Crippen molar-refractivity contribution < 1.29 is 19.4 Å². The Morgan fingerprint density at radius 2 is 2.06 bits per heavy atom. The minimum absolute atomic E-state index is 0.162. The molecule has 0 unspecified atom stereocenters. The molecular weight excluding hydrogens is 222 g/mol.